The molecule has 1 aromatic carbocycles. The fraction of sp³-hybridized carbons (Fsp3) is 0.273. The molecule has 0 unspecified atom stereocenters. The van der Waals surface area contributed by atoms with Crippen LogP contribution in [0, 0.1) is 21.4 Å². The molecule has 1 aromatic rings. The minimum Gasteiger partial charge on any atom is -0.372 e. The number of benzene rings is 1. The van der Waals surface area contributed by atoms with Gasteiger partial charge < -0.3 is 10.1 Å². The molecule has 1 rings (SSSR count). The van der Waals surface area contributed by atoms with E-state index in [0.29, 0.717) is 6.61 Å². The molecule has 0 heterocycles. The smallest absolute Gasteiger partial charge is 0.270 e. The Balaban J connectivity index is 2.87. The lowest BCUT2D eigenvalue weighted by Crippen LogP contribution is -2.18. The van der Waals surface area contributed by atoms with Crippen LogP contribution in [-0.2, 0) is 9.53 Å². The number of nitriles is 1. The maximum Gasteiger partial charge on any atom is 0.270 e. The van der Waals surface area contributed by atoms with Gasteiger partial charge in [0.15, 0.2) is 0 Å². The van der Waals surface area contributed by atoms with Crippen molar-refractivity contribution in [2.75, 3.05) is 18.5 Å². The summed E-state index contributed by atoms with van der Waals surface area (Å²) in [6.45, 7) is 2.02. The van der Waals surface area contributed by atoms with Gasteiger partial charge in [-0.15, -0.1) is 0 Å². The molecule has 18 heavy (non-hydrogen) atoms. The number of nitrogens with one attached hydrogen (secondary N) is 1. The first-order valence-electron chi connectivity index (χ1n) is 5.14. The van der Waals surface area contributed by atoms with Crippen LogP contribution < -0.4 is 5.32 Å². The fourth-order valence-electron chi connectivity index (χ4n) is 1.23. The van der Waals surface area contributed by atoms with Crippen molar-refractivity contribution in [1.29, 1.82) is 5.26 Å². The maximum atomic E-state index is 11.4. The summed E-state index contributed by atoms with van der Waals surface area (Å²) in [5, 5.41) is 21.8. The van der Waals surface area contributed by atoms with Crippen LogP contribution >= 0.6 is 0 Å². The van der Waals surface area contributed by atoms with E-state index >= 15 is 0 Å². The van der Waals surface area contributed by atoms with Crippen LogP contribution in [0.5, 0.6) is 0 Å². The number of non-ortho nitro benzene ring substituents is 1. The summed E-state index contributed by atoms with van der Waals surface area (Å²) in [5.41, 5.74) is 0.0659. The van der Waals surface area contributed by atoms with Gasteiger partial charge in [-0.05, 0) is 13.0 Å². The molecule has 0 saturated heterocycles. The van der Waals surface area contributed by atoms with Gasteiger partial charge >= 0.3 is 0 Å². The zero-order valence-corrected chi connectivity index (χ0v) is 9.67. The fourth-order valence-corrected chi connectivity index (χ4v) is 1.23. The quantitative estimate of drug-likeness (QED) is 0.627. The highest BCUT2D eigenvalue weighted by Crippen LogP contribution is 2.21. The normalized spacial score (nSPS) is 9.56. The van der Waals surface area contributed by atoms with Crippen LogP contribution in [0.25, 0.3) is 0 Å². The van der Waals surface area contributed by atoms with E-state index in [1.165, 1.54) is 12.1 Å². The third-order valence-electron chi connectivity index (χ3n) is 2.05. The Labute approximate surface area is 103 Å². The maximum absolute atomic E-state index is 11.4. The average molecular weight is 249 g/mol. The van der Waals surface area contributed by atoms with Gasteiger partial charge in [0.1, 0.15) is 12.7 Å². The van der Waals surface area contributed by atoms with Gasteiger partial charge in [0.05, 0.1) is 16.2 Å². The topological polar surface area (TPSA) is 105 Å². The molecule has 0 aromatic heterocycles. The van der Waals surface area contributed by atoms with E-state index in [9.17, 15) is 14.9 Å². The van der Waals surface area contributed by atoms with Crippen LogP contribution in [0.2, 0.25) is 0 Å². The lowest BCUT2D eigenvalue weighted by molar-refractivity contribution is -0.384. The van der Waals surface area contributed by atoms with Crippen molar-refractivity contribution >= 4 is 17.3 Å². The van der Waals surface area contributed by atoms with E-state index in [4.69, 9.17) is 10.00 Å². The second kappa shape index (κ2) is 6.32. The predicted molar refractivity (Wildman–Crippen MR) is 62.9 cm³/mol. The number of nitro groups is 1. The van der Waals surface area contributed by atoms with Crippen molar-refractivity contribution in [1.82, 2.24) is 0 Å². The van der Waals surface area contributed by atoms with E-state index in [1.807, 2.05) is 0 Å². The molecule has 0 fully saturated rings. The van der Waals surface area contributed by atoms with Crippen molar-refractivity contribution in [3.8, 4) is 6.07 Å². The van der Waals surface area contributed by atoms with Crippen LogP contribution in [0.3, 0.4) is 0 Å². The molecule has 7 nitrogen and oxygen atoms in total. The number of carbonyl (C=O) groups excluding carboxylic acids is 1. The van der Waals surface area contributed by atoms with Crippen molar-refractivity contribution in [3.05, 3.63) is 33.9 Å². The number of nitro benzene ring substituents is 1. The molecule has 0 saturated carbocycles. The molecular formula is C11H11N3O4. The summed E-state index contributed by atoms with van der Waals surface area (Å²) in [5.74, 6) is -0.415. The Bertz CT molecular complexity index is 508. The number of nitrogens with zero attached hydrogens (tertiary/aromatic N) is 2. The molecule has 0 aliphatic carbocycles. The van der Waals surface area contributed by atoms with Crippen LogP contribution in [0.15, 0.2) is 18.2 Å². The number of anilines is 1. The lowest BCUT2D eigenvalue weighted by atomic mass is 10.1. The highest BCUT2D eigenvalue weighted by molar-refractivity contribution is 5.93. The van der Waals surface area contributed by atoms with Gasteiger partial charge in [-0.2, -0.15) is 5.26 Å². The van der Waals surface area contributed by atoms with E-state index < -0.39 is 10.8 Å². The first kappa shape index (κ1) is 13.6. The van der Waals surface area contributed by atoms with Crippen LogP contribution in [0.4, 0.5) is 11.4 Å². The van der Waals surface area contributed by atoms with Crippen molar-refractivity contribution in [3.63, 3.8) is 0 Å². The Morgan fingerprint density at radius 3 is 2.89 bits per heavy atom. The van der Waals surface area contributed by atoms with E-state index in [1.54, 1.807) is 13.0 Å². The number of hydrogen-bond donors (Lipinski definition) is 1. The van der Waals surface area contributed by atoms with E-state index in [0.717, 1.165) is 6.07 Å². The Kier molecular flexibility index (Phi) is 4.78. The van der Waals surface area contributed by atoms with Gasteiger partial charge in [-0.3, -0.25) is 14.9 Å². The Morgan fingerprint density at radius 1 is 1.61 bits per heavy atom. The largest absolute Gasteiger partial charge is 0.372 e. The first-order chi connectivity index (χ1) is 8.58. The molecule has 7 heteroatoms. The van der Waals surface area contributed by atoms with Gasteiger partial charge in [-0.25, -0.2) is 0 Å². The third-order valence-corrected chi connectivity index (χ3v) is 2.05. The number of ether oxygens (including phenoxy) is 1. The Morgan fingerprint density at radius 2 is 2.33 bits per heavy atom. The minimum absolute atomic E-state index is 0.0362. The Hall–Kier alpha value is -2.46. The molecule has 0 bridgehead atoms. The summed E-state index contributed by atoms with van der Waals surface area (Å²) in [7, 11) is 0. The molecule has 94 valence electrons. The number of carbonyl (C=O) groups is 1. The molecule has 0 aliphatic rings. The predicted octanol–water partition coefficient (Wildman–Crippen LogP) is 1.44. The summed E-state index contributed by atoms with van der Waals surface area (Å²) in [4.78, 5) is 21.3. The summed E-state index contributed by atoms with van der Waals surface area (Å²) < 4.78 is 4.90. The van der Waals surface area contributed by atoms with Crippen molar-refractivity contribution < 1.29 is 14.5 Å². The molecule has 0 aliphatic heterocycles. The minimum atomic E-state index is -0.605. The first-order valence-corrected chi connectivity index (χ1v) is 5.14. The average Bonchev–Trinajstić information content (AvgIpc) is 2.36. The van der Waals surface area contributed by atoms with Gasteiger partial charge in [0.25, 0.3) is 5.69 Å². The van der Waals surface area contributed by atoms with E-state index in [-0.39, 0.29) is 23.5 Å². The number of rotatable bonds is 5. The van der Waals surface area contributed by atoms with Crippen molar-refractivity contribution in [2.24, 2.45) is 0 Å². The standard InChI is InChI=1S/C11H11N3O4/c1-2-18-7-11(15)13-10-4-3-9(14(16)17)5-8(10)6-12/h3-5H,2,7H2,1H3,(H,13,15). The molecule has 0 radical (unpaired) electrons. The van der Waals surface area contributed by atoms with Crippen molar-refractivity contribution in [2.45, 2.75) is 6.92 Å². The molecule has 1 N–H and O–H groups in total. The molecular weight excluding hydrogens is 238 g/mol. The van der Waals surface area contributed by atoms with Crippen LogP contribution in [-0.4, -0.2) is 24.0 Å². The van der Waals surface area contributed by atoms with Gasteiger partial charge in [-0.1, -0.05) is 0 Å². The third kappa shape index (κ3) is 3.54. The zero-order valence-electron chi connectivity index (χ0n) is 9.67. The summed E-state index contributed by atoms with van der Waals surface area (Å²) in [6.07, 6.45) is 0. The second-order valence-corrected chi connectivity index (χ2v) is 3.28. The van der Waals surface area contributed by atoms with Gasteiger partial charge in [0.2, 0.25) is 5.91 Å². The SMILES string of the molecule is CCOCC(=O)Nc1ccc([N+](=O)[O-])cc1C#N. The van der Waals surface area contributed by atoms with E-state index in [2.05, 4.69) is 5.32 Å². The monoisotopic (exact) mass is 249 g/mol. The summed E-state index contributed by atoms with van der Waals surface area (Å²) >= 11 is 0. The molecule has 0 spiro atoms. The van der Waals surface area contributed by atoms with Crippen LogP contribution in [0.1, 0.15) is 12.5 Å². The number of amides is 1. The lowest BCUT2D eigenvalue weighted by Gasteiger charge is -2.06. The highest BCUT2D eigenvalue weighted by Gasteiger charge is 2.12. The highest BCUT2D eigenvalue weighted by atomic mass is 16.6. The molecule has 1 amide bonds. The number of hydrogen-bond acceptors (Lipinski definition) is 5. The molecule has 0 atom stereocenters. The zero-order chi connectivity index (χ0) is 13.5. The summed E-state index contributed by atoms with van der Waals surface area (Å²) in [6, 6.07) is 5.44. The van der Waals surface area contributed by atoms with Gasteiger partial charge in [0, 0.05) is 18.7 Å². The second-order valence-electron chi connectivity index (χ2n) is 3.28.